The van der Waals surface area contributed by atoms with Gasteiger partial charge in [-0.2, -0.15) is 5.10 Å². The fourth-order valence-electron chi connectivity index (χ4n) is 1.39. The van der Waals surface area contributed by atoms with Crippen molar-refractivity contribution in [2.45, 2.75) is 26.8 Å². The number of thiophene rings is 1. The highest BCUT2D eigenvalue weighted by molar-refractivity contribution is 7.15. The zero-order chi connectivity index (χ0) is 9.97. The van der Waals surface area contributed by atoms with E-state index in [9.17, 15) is 0 Å². The smallest absolute Gasteiger partial charge is 0.0576 e. The van der Waals surface area contributed by atoms with E-state index in [4.69, 9.17) is 0 Å². The Kier molecular flexibility index (Phi) is 2.68. The fourth-order valence-corrected chi connectivity index (χ4v) is 2.31. The SMILES string of the molecule is CCc1ccc(-c2cnn(CC)c2)s1. The van der Waals surface area contributed by atoms with E-state index in [1.807, 2.05) is 22.2 Å². The van der Waals surface area contributed by atoms with Crippen LogP contribution >= 0.6 is 11.3 Å². The molecule has 0 atom stereocenters. The number of hydrogen-bond acceptors (Lipinski definition) is 2. The molecule has 74 valence electrons. The molecular formula is C11H14N2S. The Morgan fingerprint density at radius 1 is 1.36 bits per heavy atom. The first-order chi connectivity index (χ1) is 6.83. The van der Waals surface area contributed by atoms with Crippen LogP contribution in [0.15, 0.2) is 24.5 Å². The summed E-state index contributed by atoms with van der Waals surface area (Å²) in [5.74, 6) is 0. The van der Waals surface area contributed by atoms with Crippen molar-refractivity contribution >= 4 is 11.3 Å². The molecule has 0 saturated heterocycles. The Balaban J connectivity index is 2.29. The molecular weight excluding hydrogens is 192 g/mol. The van der Waals surface area contributed by atoms with Crippen LogP contribution in [-0.4, -0.2) is 9.78 Å². The minimum atomic E-state index is 0.937. The lowest BCUT2D eigenvalue weighted by molar-refractivity contribution is 0.660. The van der Waals surface area contributed by atoms with Gasteiger partial charge < -0.3 is 0 Å². The van der Waals surface area contributed by atoms with Crippen LogP contribution in [0.3, 0.4) is 0 Å². The highest BCUT2D eigenvalue weighted by Crippen LogP contribution is 2.27. The van der Waals surface area contributed by atoms with Crippen molar-refractivity contribution in [3.05, 3.63) is 29.4 Å². The van der Waals surface area contributed by atoms with Crippen LogP contribution in [0, 0.1) is 0 Å². The van der Waals surface area contributed by atoms with Crippen LogP contribution in [0.4, 0.5) is 0 Å². The monoisotopic (exact) mass is 206 g/mol. The molecule has 2 aromatic heterocycles. The van der Waals surface area contributed by atoms with E-state index in [0.717, 1.165) is 13.0 Å². The largest absolute Gasteiger partial charge is 0.272 e. The van der Waals surface area contributed by atoms with E-state index in [-0.39, 0.29) is 0 Å². The van der Waals surface area contributed by atoms with E-state index in [1.54, 1.807) is 0 Å². The molecule has 0 aromatic carbocycles. The molecule has 0 saturated carbocycles. The van der Waals surface area contributed by atoms with E-state index in [1.165, 1.54) is 15.3 Å². The summed E-state index contributed by atoms with van der Waals surface area (Å²) in [5.41, 5.74) is 1.23. The summed E-state index contributed by atoms with van der Waals surface area (Å²) < 4.78 is 1.96. The van der Waals surface area contributed by atoms with Gasteiger partial charge in [-0.15, -0.1) is 11.3 Å². The van der Waals surface area contributed by atoms with Crippen LogP contribution in [0.5, 0.6) is 0 Å². The number of aromatic nitrogens is 2. The zero-order valence-corrected chi connectivity index (χ0v) is 9.34. The van der Waals surface area contributed by atoms with Crippen molar-refractivity contribution in [1.82, 2.24) is 9.78 Å². The minimum absolute atomic E-state index is 0.937. The van der Waals surface area contributed by atoms with E-state index < -0.39 is 0 Å². The Bertz CT molecular complexity index is 374. The molecule has 0 aliphatic rings. The normalized spacial score (nSPS) is 10.7. The number of aryl methyl sites for hydroxylation is 2. The van der Waals surface area contributed by atoms with Gasteiger partial charge >= 0.3 is 0 Å². The van der Waals surface area contributed by atoms with Gasteiger partial charge in [-0.25, -0.2) is 0 Å². The predicted octanol–water partition coefficient (Wildman–Crippen LogP) is 3.19. The van der Waals surface area contributed by atoms with Gasteiger partial charge in [0, 0.05) is 28.1 Å². The number of nitrogens with zero attached hydrogens (tertiary/aromatic N) is 2. The Labute approximate surface area is 88.2 Å². The van der Waals surface area contributed by atoms with Crippen LogP contribution in [-0.2, 0) is 13.0 Å². The second-order valence-electron chi connectivity index (χ2n) is 3.20. The average Bonchev–Trinajstić information content (AvgIpc) is 2.86. The first-order valence-electron chi connectivity index (χ1n) is 4.95. The van der Waals surface area contributed by atoms with Crippen LogP contribution in [0.2, 0.25) is 0 Å². The second kappa shape index (κ2) is 3.96. The molecule has 0 aliphatic carbocycles. The predicted molar refractivity (Wildman–Crippen MR) is 60.6 cm³/mol. The molecule has 0 spiro atoms. The molecule has 2 rings (SSSR count). The molecule has 0 bridgehead atoms. The van der Waals surface area contributed by atoms with Gasteiger partial charge in [-0.05, 0) is 25.5 Å². The van der Waals surface area contributed by atoms with E-state index in [2.05, 4.69) is 37.3 Å². The Morgan fingerprint density at radius 2 is 2.21 bits per heavy atom. The van der Waals surface area contributed by atoms with Gasteiger partial charge in [0.2, 0.25) is 0 Å². The number of rotatable bonds is 3. The Morgan fingerprint density at radius 3 is 2.79 bits per heavy atom. The summed E-state index contributed by atoms with van der Waals surface area (Å²) in [7, 11) is 0. The second-order valence-corrected chi connectivity index (χ2v) is 4.37. The summed E-state index contributed by atoms with van der Waals surface area (Å²) in [6.07, 6.45) is 5.16. The van der Waals surface area contributed by atoms with E-state index >= 15 is 0 Å². The van der Waals surface area contributed by atoms with E-state index in [0.29, 0.717) is 0 Å². The number of hydrogen-bond donors (Lipinski definition) is 0. The molecule has 2 aromatic rings. The summed E-state index contributed by atoms with van der Waals surface area (Å²) in [6.45, 7) is 5.22. The first-order valence-corrected chi connectivity index (χ1v) is 5.76. The van der Waals surface area contributed by atoms with Crippen molar-refractivity contribution in [2.75, 3.05) is 0 Å². The van der Waals surface area contributed by atoms with Gasteiger partial charge in [0.1, 0.15) is 0 Å². The minimum Gasteiger partial charge on any atom is -0.272 e. The van der Waals surface area contributed by atoms with Crippen molar-refractivity contribution in [3.8, 4) is 10.4 Å². The third-order valence-electron chi connectivity index (χ3n) is 2.25. The maximum absolute atomic E-state index is 4.27. The lowest BCUT2D eigenvalue weighted by atomic mass is 10.3. The van der Waals surface area contributed by atoms with Crippen LogP contribution in [0.1, 0.15) is 18.7 Å². The van der Waals surface area contributed by atoms with Crippen molar-refractivity contribution in [1.29, 1.82) is 0 Å². The third kappa shape index (κ3) is 1.73. The molecule has 0 N–H and O–H groups in total. The molecule has 0 unspecified atom stereocenters. The lowest BCUT2D eigenvalue weighted by Crippen LogP contribution is -1.91. The zero-order valence-electron chi connectivity index (χ0n) is 8.53. The van der Waals surface area contributed by atoms with Gasteiger partial charge in [0.25, 0.3) is 0 Å². The molecule has 14 heavy (non-hydrogen) atoms. The maximum atomic E-state index is 4.27. The fraction of sp³-hybridized carbons (Fsp3) is 0.364. The quantitative estimate of drug-likeness (QED) is 0.754. The standard InChI is InChI=1S/C11H14N2S/c1-3-10-5-6-11(14-10)9-7-12-13(4-2)8-9/h5-8H,3-4H2,1-2H3. The molecule has 0 aliphatic heterocycles. The summed E-state index contributed by atoms with van der Waals surface area (Å²) >= 11 is 1.86. The topological polar surface area (TPSA) is 17.8 Å². The lowest BCUT2D eigenvalue weighted by Gasteiger charge is -1.91. The Hall–Kier alpha value is -1.09. The average molecular weight is 206 g/mol. The highest BCUT2D eigenvalue weighted by Gasteiger charge is 2.03. The van der Waals surface area contributed by atoms with Gasteiger partial charge in [0.15, 0.2) is 0 Å². The van der Waals surface area contributed by atoms with Crippen molar-refractivity contribution in [2.24, 2.45) is 0 Å². The molecule has 2 nitrogen and oxygen atoms in total. The highest BCUT2D eigenvalue weighted by atomic mass is 32.1. The van der Waals surface area contributed by atoms with Gasteiger partial charge in [-0.1, -0.05) is 6.92 Å². The third-order valence-corrected chi connectivity index (χ3v) is 3.53. The van der Waals surface area contributed by atoms with Crippen molar-refractivity contribution < 1.29 is 0 Å². The van der Waals surface area contributed by atoms with Crippen LogP contribution in [0.25, 0.3) is 10.4 Å². The van der Waals surface area contributed by atoms with Gasteiger partial charge in [-0.3, -0.25) is 4.68 Å². The summed E-state index contributed by atoms with van der Waals surface area (Å²) in [4.78, 5) is 2.76. The molecule has 2 heterocycles. The molecule has 0 amide bonds. The van der Waals surface area contributed by atoms with Gasteiger partial charge in [0.05, 0.1) is 6.20 Å². The first kappa shape index (κ1) is 9.46. The van der Waals surface area contributed by atoms with Crippen LogP contribution < -0.4 is 0 Å². The molecule has 0 fully saturated rings. The summed E-state index contributed by atoms with van der Waals surface area (Å²) in [6, 6.07) is 4.38. The molecule has 0 radical (unpaired) electrons. The maximum Gasteiger partial charge on any atom is 0.0576 e. The summed E-state index contributed by atoms with van der Waals surface area (Å²) in [5, 5.41) is 4.27. The van der Waals surface area contributed by atoms with Crippen molar-refractivity contribution in [3.63, 3.8) is 0 Å². The molecule has 3 heteroatoms.